The van der Waals surface area contributed by atoms with Gasteiger partial charge in [-0.05, 0) is 19.3 Å². The van der Waals surface area contributed by atoms with E-state index in [1.165, 1.54) is 12.0 Å². The van der Waals surface area contributed by atoms with Crippen LogP contribution in [0.5, 0.6) is 5.88 Å². The highest BCUT2D eigenvalue weighted by atomic mass is 32.1. The molecule has 124 valence electrons. The second kappa shape index (κ2) is 5.95. The molecule has 0 spiro atoms. The van der Waals surface area contributed by atoms with Crippen molar-refractivity contribution in [3.63, 3.8) is 0 Å². The van der Waals surface area contributed by atoms with Gasteiger partial charge in [0, 0.05) is 13.1 Å². The Hall–Kier alpha value is -1.90. The first-order valence-electron chi connectivity index (χ1n) is 7.12. The summed E-state index contributed by atoms with van der Waals surface area (Å²) in [6, 6.07) is 0. The Bertz CT molecular complexity index is 739. The smallest absolute Gasteiger partial charge is 0.420 e. The van der Waals surface area contributed by atoms with Gasteiger partial charge in [-0.15, -0.1) is 11.3 Å². The van der Waals surface area contributed by atoms with Gasteiger partial charge in [0.1, 0.15) is 20.8 Å². The molecular weight excluding hydrogens is 331 g/mol. The van der Waals surface area contributed by atoms with E-state index in [0.717, 1.165) is 36.8 Å². The second-order valence-corrected chi connectivity index (χ2v) is 6.22. The number of methoxy groups -OCH3 is 1. The Balaban J connectivity index is 2.12. The van der Waals surface area contributed by atoms with Gasteiger partial charge in [0.25, 0.3) is 5.91 Å². The zero-order chi connectivity index (χ0) is 16.6. The molecular formula is C14H14F3N3O2S. The second-order valence-electron chi connectivity index (χ2n) is 5.22. The molecule has 1 saturated heterocycles. The average molecular weight is 345 g/mol. The van der Waals surface area contributed by atoms with Crippen LogP contribution in [0, 0.1) is 0 Å². The highest BCUT2D eigenvalue weighted by Gasteiger charge is 2.41. The summed E-state index contributed by atoms with van der Waals surface area (Å²) < 4.78 is 45.3. The summed E-state index contributed by atoms with van der Waals surface area (Å²) in [6.45, 7) is 0.961. The van der Waals surface area contributed by atoms with Crippen LogP contribution in [0.1, 0.15) is 34.5 Å². The van der Waals surface area contributed by atoms with E-state index in [4.69, 9.17) is 4.74 Å². The largest absolute Gasteiger partial charge is 0.480 e. The number of alkyl halides is 3. The SMILES string of the molecule is COc1cnc2c(C(F)(F)F)c(C(=O)N3CCCCC3)sc2n1. The number of carbonyl (C=O) groups excluding carboxylic acids is 1. The molecule has 0 unspecified atom stereocenters. The van der Waals surface area contributed by atoms with E-state index in [0.29, 0.717) is 13.1 Å². The van der Waals surface area contributed by atoms with Gasteiger partial charge < -0.3 is 9.64 Å². The molecule has 0 saturated carbocycles. The number of fused-ring (bicyclic) bond motifs is 1. The lowest BCUT2D eigenvalue weighted by molar-refractivity contribution is -0.136. The number of hydrogen-bond acceptors (Lipinski definition) is 5. The van der Waals surface area contributed by atoms with Crippen molar-refractivity contribution in [2.24, 2.45) is 0 Å². The molecule has 9 heteroatoms. The van der Waals surface area contributed by atoms with Crippen LogP contribution in [0.4, 0.5) is 13.2 Å². The van der Waals surface area contributed by atoms with Crippen molar-refractivity contribution in [2.45, 2.75) is 25.4 Å². The predicted octanol–water partition coefficient (Wildman–Crippen LogP) is 3.34. The quantitative estimate of drug-likeness (QED) is 0.838. The molecule has 2 aromatic heterocycles. The van der Waals surface area contributed by atoms with Crippen molar-refractivity contribution < 1.29 is 22.7 Å². The van der Waals surface area contributed by atoms with E-state index >= 15 is 0 Å². The molecule has 0 aliphatic carbocycles. The lowest BCUT2D eigenvalue weighted by atomic mass is 10.1. The monoisotopic (exact) mass is 345 g/mol. The van der Waals surface area contributed by atoms with Gasteiger partial charge in [0.05, 0.1) is 13.3 Å². The fourth-order valence-electron chi connectivity index (χ4n) is 2.61. The number of carbonyl (C=O) groups is 1. The fourth-order valence-corrected chi connectivity index (χ4v) is 3.72. The van der Waals surface area contributed by atoms with Crippen LogP contribution in [0.3, 0.4) is 0 Å². The third kappa shape index (κ3) is 2.97. The molecule has 23 heavy (non-hydrogen) atoms. The van der Waals surface area contributed by atoms with Crippen molar-refractivity contribution in [3.05, 3.63) is 16.6 Å². The number of nitrogens with zero attached hydrogens (tertiary/aromatic N) is 3. The Morgan fingerprint density at radius 3 is 2.61 bits per heavy atom. The number of halogens is 3. The van der Waals surface area contributed by atoms with Gasteiger partial charge >= 0.3 is 6.18 Å². The minimum Gasteiger partial charge on any atom is -0.480 e. The standard InChI is InChI=1S/C14H14F3N3O2S/c1-22-8-7-18-10-9(14(15,16)17)11(23-12(10)19-8)13(21)20-5-3-2-4-6-20/h7H,2-6H2,1H3. The van der Waals surface area contributed by atoms with Crippen molar-refractivity contribution in [3.8, 4) is 5.88 Å². The fraction of sp³-hybridized carbons (Fsp3) is 0.500. The molecule has 1 amide bonds. The summed E-state index contributed by atoms with van der Waals surface area (Å²) >= 11 is 0.717. The molecule has 0 bridgehead atoms. The number of piperidine rings is 1. The maximum atomic E-state index is 13.5. The van der Waals surface area contributed by atoms with Crippen LogP contribution < -0.4 is 4.74 Å². The molecule has 0 aromatic carbocycles. The number of hydrogen-bond donors (Lipinski definition) is 0. The molecule has 3 heterocycles. The van der Waals surface area contributed by atoms with E-state index < -0.39 is 17.6 Å². The number of likely N-dealkylation sites (tertiary alicyclic amines) is 1. The summed E-state index contributed by atoms with van der Waals surface area (Å²) in [4.78, 5) is 21.5. The molecule has 0 atom stereocenters. The first-order valence-corrected chi connectivity index (χ1v) is 7.93. The van der Waals surface area contributed by atoms with E-state index in [1.54, 1.807) is 0 Å². The van der Waals surface area contributed by atoms with Crippen LogP contribution in [0.15, 0.2) is 6.20 Å². The van der Waals surface area contributed by atoms with Crippen molar-refractivity contribution in [1.82, 2.24) is 14.9 Å². The van der Waals surface area contributed by atoms with Crippen LogP contribution >= 0.6 is 11.3 Å². The molecule has 2 aromatic rings. The van der Waals surface area contributed by atoms with Gasteiger partial charge in [0.15, 0.2) is 0 Å². The van der Waals surface area contributed by atoms with E-state index in [-0.39, 0.29) is 21.1 Å². The highest BCUT2D eigenvalue weighted by Crippen LogP contribution is 2.41. The van der Waals surface area contributed by atoms with Crippen molar-refractivity contribution in [1.29, 1.82) is 0 Å². The van der Waals surface area contributed by atoms with Gasteiger partial charge in [-0.1, -0.05) is 0 Å². The Labute approximate surface area is 134 Å². The Morgan fingerprint density at radius 1 is 1.30 bits per heavy atom. The van der Waals surface area contributed by atoms with Gasteiger partial charge in [0.2, 0.25) is 5.88 Å². The number of rotatable bonds is 2. The van der Waals surface area contributed by atoms with E-state index in [1.807, 2.05) is 0 Å². The summed E-state index contributed by atoms with van der Waals surface area (Å²) in [5.74, 6) is -0.481. The van der Waals surface area contributed by atoms with Crippen LogP contribution in [-0.2, 0) is 6.18 Å². The van der Waals surface area contributed by atoms with Crippen molar-refractivity contribution >= 4 is 27.6 Å². The van der Waals surface area contributed by atoms with Gasteiger partial charge in [-0.25, -0.2) is 4.98 Å². The molecule has 0 radical (unpaired) electrons. The summed E-state index contributed by atoms with van der Waals surface area (Å²) in [5, 5.41) is 0. The average Bonchev–Trinajstić information content (AvgIpc) is 2.93. The van der Waals surface area contributed by atoms with Crippen LogP contribution in [0.25, 0.3) is 10.3 Å². The summed E-state index contributed by atoms with van der Waals surface area (Å²) in [7, 11) is 1.36. The number of ether oxygens (including phenoxy) is 1. The van der Waals surface area contributed by atoms with Gasteiger partial charge in [-0.3, -0.25) is 4.79 Å². The number of aromatic nitrogens is 2. The minimum atomic E-state index is -4.66. The predicted molar refractivity (Wildman–Crippen MR) is 78.7 cm³/mol. The third-order valence-corrected chi connectivity index (χ3v) is 4.77. The first-order chi connectivity index (χ1) is 10.9. The normalized spacial score (nSPS) is 15.9. The first kappa shape index (κ1) is 16.0. The topological polar surface area (TPSA) is 55.3 Å². The van der Waals surface area contributed by atoms with E-state index in [2.05, 4.69) is 9.97 Å². The minimum absolute atomic E-state index is 0.0528. The lowest BCUT2D eigenvalue weighted by Gasteiger charge is -2.26. The molecule has 5 nitrogen and oxygen atoms in total. The number of thiophene rings is 1. The molecule has 3 rings (SSSR count). The van der Waals surface area contributed by atoms with Crippen LogP contribution in [0.2, 0.25) is 0 Å². The maximum absolute atomic E-state index is 13.5. The summed E-state index contributed by atoms with van der Waals surface area (Å²) in [5.41, 5.74) is -1.30. The van der Waals surface area contributed by atoms with Crippen molar-refractivity contribution in [2.75, 3.05) is 20.2 Å². The van der Waals surface area contributed by atoms with Gasteiger partial charge in [-0.2, -0.15) is 18.2 Å². The van der Waals surface area contributed by atoms with E-state index in [9.17, 15) is 18.0 Å². The maximum Gasteiger partial charge on any atom is 0.420 e. The highest BCUT2D eigenvalue weighted by molar-refractivity contribution is 7.20. The Kier molecular flexibility index (Phi) is 4.13. The molecule has 1 fully saturated rings. The lowest BCUT2D eigenvalue weighted by Crippen LogP contribution is -2.36. The molecule has 0 N–H and O–H groups in total. The number of amides is 1. The van der Waals surface area contributed by atoms with Crippen LogP contribution in [-0.4, -0.2) is 41.0 Å². The zero-order valence-electron chi connectivity index (χ0n) is 12.3. The third-order valence-electron chi connectivity index (χ3n) is 3.71. The molecule has 1 aliphatic rings. The molecule has 1 aliphatic heterocycles. The zero-order valence-corrected chi connectivity index (χ0v) is 13.1. The summed E-state index contributed by atoms with van der Waals surface area (Å²) in [6.07, 6.45) is -0.936. The Morgan fingerprint density at radius 2 is 2.00 bits per heavy atom.